The van der Waals surface area contributed by atoms with Crippen LogP contribution >= 0.6 is 0 Å². The first-order valence-electron chi connectivity index (χ1n) is 8.82. The molecule has 1 aliphatic rings. The smallest absolute Gasteiger partial charge is 0.241 e. The van der Waals surface area contributed by atoms with Crippen LogP contribution in [0.15, 0.2) is 60.7 Å². The lowest BCUT2D eigenvalue weighted by molar-refractivity contribution is 0.0302. The molecule has 0 amide bonds. The molecule has 0 heterocycles. The fourth-order valence-electron chi connectivity index (χ4n) is 3.67. The zero-order valence-corrected chi connectivity index (χ0v) is 14.0. The van der Waals surface area contributed by atoms with E-state index in [1.165, 1.54) is 11.1 Å². The summed E-state index contributed by atoms with van der Waals surface area (Å²) in [6, 6.07) is 21.2. The Morgan fingerprint density at radius 2 is 1.21 bits per heavy atom. The summed E-state index contributed by atoms with van der Waals surface area (Å²) in [7, 11) is 0. The molecule has 0 radical (unpaired) electrons. The Morgan fingerprint density at radius 1 is 0.750 bits per heavy atom. The van der Waals surface area contributed by atoms with Crippen molar-refractivity contribution >= 4 is 0 Å². The number of hydrogen-bond acceptors (Lipinski definition) is 1. The third kappa shape index (κ3) is 4.64. The average Bonchev–Trinajstić information content (AvgIpc) is 2.63. The van der Waals surface area contributed by atoms with Gasteiger partial charge in [0.05, 0.1) is 0 Å². The Kier molecular flexibility index (Phi) is 5.97. The van der Waals surface area contributed by atoms with Crippen LogP contribution in [0.25, 0.3) is 0 Å². The summed E-state index contributed by atoms with van der Waals surface area (Å²) in [4.78, 5) is 2.46. The fourth-order valence-corrected chi connectivity index (χ4v) is 3.67. The van der Waals surface area contributed by atoms with Gasteiger partial charge in [-0.05, 0) is 36.8 Å². The van der Waals surface area contributed by atoms with E-state index in [0.29, 0.717) is 18.9 Å². The minimum Gasteiger partial charge on any atom is -0.292 e. The standard InChI is InChI=1S/C21H25F2N/c22-21(23)19-11-13-20(14-12-19)24(15-17-7-3-1-4-8-17)16-18-9-5-2-6-10-18/h1-10,19-21H,11-16H2. The molecule has 0 saturated heterocycles. The Balaban J connectivity index is 1.70. The molecule has 128 valence electrons. The topological polar surface area (TPSA) is 3.24 Å². The first-order chi connectivity index (χ1) is 11.7. The van der Waals surface area contributed by atoms with Gasteiger partial charge in [0.15, 0.2) is 0 Å². The summed E-state index contributed by atoms with van der Waals surface area (Å²) < 4.78 is 25.9. The largest absolute Gasteiger partial charge is 0.292 e. The van der Waals surface area contributed by atoms with Gasteiger partial charge in [-0.25, -0.2) is 8.78 Å². The van der Waals surface area contributed by atoms with E-state index in [1.807, 2.05) is 12.1 Å². The zero-order chi connectivity index (χ0) is 16.8. The molecule has 0 bridgehead atoms. The van der Waals surface area contributed by atoms with E-state index in [0.717, 1.165) is 25.9 Å². The van der Waals surface area contributed by atoms with Crippen molar-refractivity contribution in [3.63, 3.8) is 0 Å². The number of halogens is 2. The minimum absolute atomic E-state index is 0.389. The molecular formula is C21H25F2N. The normalized spacial score (nSPS) is 21.3. The first kappa shape index (κ1) is 17.1. The zero-order valence-electron chi connectivity index (χ0n) is 14.0. The quantitative estimate of drug-likeness (QED) is 0.675. The predicted molar refractivity (Wildman–Crippen MR) is 93.9 cm³/mol. The molecule has 0 aliphatic heterocycles. The molecule has 1 fully saturated rings. The lowest BCUT2D eigenvalue weighted by atomic mass is 9.85. The second-order valence-corrected chi connectivity index (χ2v) is 6.78. The van der Waals surface area contributed by atoms with Crippen molar-refractivity contribution < 1.29 is 8.78 Å². The van der Waals surface area contributed by atoms with Crippen molar-refractivity contribution in [3.8, 4) is 0 Å². The lowest BCUT2D eigenvalue weighted by Crippen LogP contribution is -2.38. The maximum absolute atomic E-state index is 12.9. The van der Waals surface area contributed by atoms with E-state index in [4.69, 9.17) is 0 Å². The number of alkyl halides is 2. The maximum Gasteiger partial charge on any atom is 0.241 e. The van der Waals surface area contributed by atoms with Crippen molar-refractivity contribution in [2.24, 2.45) is 5.92 Å². The molecule has 0 N–H and O–H groups in total. The number of benzene rings is 2. The molecule has 1 saturated carbocycles. The highest BCUT2D eigenvalue weighted by atomic mass is 19.3. The average molecular weight is 329 g/mol. The summed E-state index contributed by atoms with van der Waals surface area (Å²) in [5.74, 6) is -0.406. The van der Waals surface area contributed by atoms with Crippen molar-refractivity contribution in [1.82, 2.24) is 4.90 Å². The fraction of sp³-hybridized carbons (Fsp3) is 0.429. The monoisotopic (exact) mass is 329 g/mol. The highest BCUT2D eigenvalue weighted by Crippen LogP contribution is 2.32. The van der Waals surface area contributed by atoms with Crippen LogP contribution in [0.5, 0.6) is 0 Å². The molecular weight excluding hydrogens is 304 g/mol. The molecule has 24 heavy (non-hydrogen) atoms. The van der Waals surface area contributed by atoms with Crippen LogP contribution in [0.3, 0.4) is 0 Å². The van der Waals surface area contributed by atoms with Gasteiger partial charge in [0, 0.05) is 25.0 Å². The Bertz CT molecular complexity index is 550. The van der Waals surface area contributed by atoms with E-state index in [2.05, 4.69) is 53.4 Å². The highest BCUT2D eigenvalue weighted by Gasteiger charge is 2.30. The van der Waals surface area contributed by atoms with Crippen molar-refractivity contribution in [2.45, 2.75) is 51.2 Å². The Labute approximate surface area is 143 Å². The van der Waals surface area contributed by atoms with Gasteiger partial charge in [0.25, 0.3) is 0 Å². The Morgan fingerprint density at radius 3 is 1.62 bits per heavy atom. The van der Waals surface area contributed by atoms with E-state index < -0.39 is 12.3 Å². The summed E-state index contributed by atoms with van der Waals surface area (Å²) in [5.41, 5.74) is 2.56. The Hall–Kier alpha value is -1.74. The van der Waals surface area contributed by atoms with Crippen LogP contribution in [-0.2, 0) is 13.1 Å². The summed E-state index contributed by atoms with van der Waals surface area (Å²) in [5, 5.41) is 0. The predicted octanol–water partition coefficient (Wildman–Crippen LogP) is 5.51. The minimum atomic E-state index is -2.16. The molecule has 3 rings (SSSR count). The van der Waals surface area contributed by atoms with Crippen LogP contribution in [-0.4, -0.2) is 17.4 Å². The van der Waals surface area contributed by atoms with Crippen molar-refractivity contribution in [3.05, 3.63) is 71.8 Å². The van der Waals surface area contributed by atoms with Crippen LogP contribution in [0.1, 0.15) is 36.8 Å². The summed E-state index contributed by atoms with van der Waals surface area (Å²) >= 11 is 0. The molecule has 2 aromatic rings. The molecule has 0 aromatic heterocycles. The second-order valence-electron chi connectivity index (χ2n) is 6.78. The number of hydrogen-bond donors (Lipinski definition) is 0. The molecule has 3 heteroatoms. The van der Waals surface area contributed by atoms with Gasteiger partial charge in [0.1, 0.15) is 0 Å². The van der Waals surface area contributed by atoms with Gasteiger partial charge in [-0.15, -0.1) is 0 Å². The van der Waals surface area contributed by atoms with Crippen molar-refractivity contribution in [1.29, 1.82) is 0 Å². The van der Waals surface area contributed by atoms with Crippen LogP contribution < -0.4 is 0 Å². The van der Waals surface area contributed by atoms with E-state index in [-0.39, 0.29) is 0 Å². The van der Waals surface area contributed by atoms with E-state index >= 15 is 0 Å². The maximum atomic E-state index is 12.9. The third-order valence-corrected chi connectivity index (χ3v) is 5.07. The van der Waals surface area contributed by atoms with E-state index in [9.17, 15) is 8.78 Å². The lowest BCUT2D eigenvalue weighted by Gasteiger charge is -2.37. The molecule has 1 aliphatic carbocycles. The van der Waals surface area contributed by atoms with Gasteiger partial charge >= 0.3 is 0 Å². The highest BCUT2D eigenvalue weighted by molar-refractivity contribution is 5.17. The third-order valence-electron chi connectivity index (χ3n) is 5.07. The SMILES string of the molecule is FC(F)C1CCC(N(Cc2ccccc2)Cc2ccccc2)CC1. The van der Waals surface area contributed by atoms with Crippen LogP contribution in [0, 0.1) is 5.92 Å². The van der Waals surface area contributed by atoms with Crippen LogP contribution in [0.2, 0.25) is 0 Å². The summed E-state index contributed by atoms with van der Waals surface area (Å²) in [6.07, 6.45) is 0.858. The molecule has 0 atom stereocenters. The second kappa shape index (κ2) is 8.39. The van der Waals surface area contributed by atoms with Gasteiger partial charge in [-0.3, -0.25) is 4.90 Å². The van der Waals surface area contributed by atoms with Gasteiger partial charge in [0.2, 0.25) is 6.43 Å². The first-order valence-corrected chi connectivity index (χ1v) is 8.82. The number of nitrogens with zero attached hydrogens (tertiary/aromatic N) is 1. The molecule has 0 unspecified atom stereocenters. The van der Waals surface area contributed by atoms with Gasteiger partial charge in [-0.1, -0.05) is 60.7 Å². The van der Waals surface area contributed by atoms with Crippen LogP contribution in [0.4, 0.5) is 8.78 Å². The summed E-state index contributed by atoms with van der Waals surface area (Å²) in [6.45, 7) is 1.75. The van der Waals surface area contributed by atoms with Gasteiger partial charge < -0.3 is 0 Å². The van der Waals surface area contributed by atoms with Crippen molar-refractivity contribution in [2.75, 3.05) is 0 Å². The molecule has 2 aromatic carbocycles. The molecule has 0 spiro atoms. The molecule has 1 nitrogen and oxygen atoms in total. The van der Waals surface area contributed by atoms with Gasteiger partial charge in [-0.2, -0.15) is 0 Å². The van der Waals surface area contributed by atoms with E-state index in [1.54, 1.807) is 0 Å². The number of rotatable bonds is 6.